The van der Waals surface area contributed by atoms with E-state index in [1.54, 1.807) is 30.0 Å². The van der Waals surface area contributed by atoms with Gasteiger partial charge in [0.15, 0.2) is 0 Å². The van der Waals surface area contributed by atoms with E-state index in [2.05, 4.69) is 5.32 Å². The zero-order valence-electron chi connectivity index (χ0n) is 10.7. The number of carbonyl (C=O) groups excluding carboxylic acids is 1. The van der Waals surface area contributed by atoms with Crippen molar-refractivity contribution in [3.63, 3.8) is 0 Å². The number of hydrogen-bond donors (Lipinski definition) is 2. The van der Waals surface area contributed by atoms with Crippen LogP contribution in [-0.4, -0.2) is 35.2 Å². The fourth-order valence-electron chi connectivity index (χ4n) is 1.58. The molecule has 17 heavy (non-hydrogen) atoms. The van der Waals surface area contributed by atoms with Gasteiger partial charge in [-0.1, -0.05) is 0 Å². The van der Waals surface area contributed by atoms with Crippen LogP contribution in [0.25, 0.3) is 0 Å². The lowest BCUT2D eigenvalue weighted by atomic mass is 10.1. The summed E-state index contributed by atoms with van der Waals surface area (Å²) >= 11 is 3.18. The SMILES string of the molecule is CSCC(C)(O)CNC(=O)c1cc(C)sc1C. The van der Waals surface area contributed by atoms with Gasteiger partial charge in [-0.05, 0) is 33.1 Å². The fraction of sp³-hybridized carbons (Fsp3) is 0.583. The molecule has 0 aliphatic carbocycles. The largest absolute Gasteiger partial charge is 0.387 e. The fourth-order valence-corrected chi connectivity index (χ4v) is 3.23. The molecule has 2 N–H and O–H groups in total. The number of amides is 1. The predicted molar refractivity (Wildman–Crippen MR) is 75.1 cm³/mol. The molecule has 1 atom stereocenters. The van der Waals surface area contributed by atoms with E-state index in [1.807, 2.05) is 26.2 Å². The van der Waals surface area contributed by atoms with Crippen molar-refractivity contribution in [1.29, 1.82) is 0 Å². The average Bonchev–Trinajstić information content (AvgIpc) is 2.54. The van der Waals surface area contributed by atoms with E-state index in [1.165, 1.54) is 0 Å². The van der Waals surface area contributed by atoms with Crippen LogP contribution in [0.2, 0.25) is 0 Å². The zero-order valence-corrected chi connectivity index (χ0v) is 12.3. The number of rotatable bonds is 5. The smallest absolute Gasteiger partial charge is 0.252 e. The van der Waals surface area contributed by atoms with Crippen molar-refractivity contribution in [3.8, 4) is 0 Å². The lowest BCUT2D eigenvalue weighted by molar-refractivity contribution is 0.0725. The Bertz CT molecular complexity index is 399. The maximum Gasteiger partial charge on any atom is 0.252 e. The van der Waals surface area contributed by atoms with Gasteiger partial charge in [0.1, 0.15) is 0 Å². The molecule has 0 aliphatic heterocycles. The summed E-state index contributed by atoms with van der Waals surface area (Å²) in [4.78, 5) is 14.1. The number of thioether (sulfide) groups is 1. The Morgan fingerprint density at radius 3 is 2.71 bits per heavy atom. The number of aliphatic hydroxyl groups is 1. The Hall–Kier alpha value is -0.520. The van der Waals surface area contributed by atoms with Gasteiger partial charge in [0, 0.05) is 22.1 Å². The minimum Gasteiger partial charge on any atom is -0.387 e. The molecular formula is C12H19NO2S2. The van der Waals surface area contributed by atoms with Crippen LogP contribution in [0, 0.1) is 13.8 Å². The topological polar surface area (TPSA) is 49.3 Å². The van der Waals surface area contributed by atoms with Gasteiger partial charge in [-0.3, -0.25) is 4.79 Å². The molecular weight excluding hydrogens is 254 g/mol. The lowest BCUT2D eigenvalue weighted by Gasteiger charge is -2.22. The summed E-state index contributed by atoms with van der Waals surface area (Å²) in [6, 6.07) is 1.89. The van der Waals surface area contributed by atoms with Crippen molar-refractivity contribution < 1.29 is 9.90 Å². The summed E-state index contributed by atoms with van der Waals surface area (Å²) in [6.45, 7) is 5.93. The van der Waals surface area contributed by atoms with Crippen LogP contribution in [0.3, 0.4) is 0 Å². The molecule has 0 saturated heterocycles. The van der Waals surface area contributed by atoms with Crippen LogP contribution >= 0.6 is 23.1 Å². The monoisotopic (exact) mass is 273 g/mol. The average molecular weight is 273 g/mol. The second-order valence-electron chi connectivity index (χ2n) is 4.44. The Balaban J connectivity index is 2.59. The highest BCUT2D eigenvalue weighted by molar-refractivity contribution is 7.98. The minimum absolute atomic E-state index is 0.103. The van der Waals surface area contributed by atoms with E-state index in [-0.39, 0.29) is 12.5 Å². The number of hydrogen-bond acceptors (Lipinski definition) is 4. The van der Waals surface area contributed by atoms with Gasteiger partial charge >= 0.3 is 0 Å². The van der Waals surface area contributed by atoms with Crippen molar-refractivity contribution in [1.82, 2.24) is 5.32 Å². The molecule has 5 heteroatoms. The van der Waals surface area contributed by atoms with Gasteiger partial charge in [0.2, 0.25) is 0 Å². The van der Waals surface area contributed by atoms with Crippen LogP contribution in [0.15, 0.2) is 6.07 Å². The molecule has 0 radical (unpaired) electrons. The number of aryl methyl sites for hydroxylation is 2. The van der Waals surface area contributed by atoms with E-state index < -0.39 is 5.60 Å². The first-order chi connectivity index (χ1) is 7.85. The van der Waals surface area contributed by atoms with Crippen LogP contribution < -0.4 is 5.32 Å². The Morgan fingerprint density at radius 2 is 2.24 bits per heavy atom. The molecule has 1 amide bonds. The van der Waals surface area contributed by atoms with Crippen LogP contribution in [-0.2, 0) is 0 Å². The highest BCUT2D eigenvalue weighted by atomic mass is 32.2. The lowest BCUT2D eigenvalue weighted by Crippen LogP contribution is -2.42. The quantitative estimate of drug-likeness (QED) is 0.865. The summed E-state index contributed by atoms with van der Waals surface area (Å²) in [5.41, 5.74) is -0.138. The Kier molecular flexibility index (Phi) is 5.04. The molecule has 1 aromatic rings. The summed E-state index contributed by atoms with van der Waals surface area (Å²) in [6.07, 6.45) is 1.93. The molecule has 0 fully saturated rings. The summed E-state index contributed by atoms with van der Waals surface area (Å²) in [7, 11) is 0. The number of thiophene rings is 1. The molecule has 1 unspecified atom stereocenters. The third-order valence-corrected chi connectivity index (χ3v) is 4.25. The summed E-state index contributed by atoms with van der Waals surface area (Å²) in [5.74, 6) is 0.503. The van der Waals surface area contributed by atoms with E-state index in [0.717, 1.165) is 9.75 Å². The van der Waals surface area contributed by atoms with Crippen molar-refractivity contribution >= 4 is 29.0 Å². The molecule has 1 rings (SSSR count). The Labute approximate surface area is 111 Å². The molecule has 0 spiro atoms. The maximum absolute atomic E-state index is 11.9. The number of nitrogens with one attached hydrogen (secondary N) is 1. The van der Waals surface area contributed by atoms with Crippen molar-refractivity contribution in [2.24, 2.45) is 0 Å². The van der Waals surface area contributed by atoms with Crippen LogP contribution in [0.5, 0.6) is 0 Å². The standard InChI is InChI=1S/C12H19NO2S2/c1-8-5-10(9(2)17-8)11(14)13-6-12(3,15)7-16-4/h5,15H,6-7H2,1-4H3,(H,13,14). The summed E-state index contributed by atoms with van der Waals surface area (Å²) < 4.78 is 0. The van der Waals surface area contributed by atoms with Gasteiger partial charge < -0.3 is 10.4 Å². The van der Waals surface area contributed by atoms with Gasteiger partial charge in [-0.25, -0.2) is 0 Å². The van der Waals surface area contributed by atoms with Crippen molar-refractivity contribution in [3.05, 3.63) is 21.4 Å². The van der Waals surface area contributed by atoms with Gasteiger partial charge in [-0.2, -0.15) is 11.8 Å². The third-order valence-electron chi connectivity index (χ3n) is 2.37. The zero-order chi connectivity index (χ0) is 13.1. The van der Waals surface area contributed by atoms with E-state index in [4.69, 9.17) is 0 Å². The van der Waals surface area contributed by atoms with Gasteiger partial charge in [-0.15, -0.1) is 11.3 Å². The van der Waals surface area contributed by atoms with E-state index in [0.29, 0.717) is 11.3 Å². The van der Waals surface area contributed by atoms with Crippen LogP contribution in [0.4, 0.5) is 0 Å². The molecule has 3 nitrogen and oxygen atoms in total. The maximum atomic E-state index is 11.9. The first-order valence-electron chi connectivity index (χ1n) is 5.42. The van der Waals surface area contributed by atoms with Gasteiger partial charge in [0.05, 0.1) is 11.2 Å². The van der Waals surface area contributed by atoms with Crippen molar-refractivity contribution in [2.75, 3.05) is 18.6 Å². The minimum atomic E-state index is -0.853. The second kappa shape index (κ2) is 5.89. The highest BCUT2D eigenvalue weighted by Gasteiger charge is 2.21. The predicted octanol–water partition coefficient (Wildman–Crippen LogP) is 2.21. The normalized spacial score (nSPS) is 14.4. The van der Waals surface area contributed by atoms with E-state index >= 15 is 0 Å². The molecule has 0 aromatic carbocycles. The summed E-state index contributed by atoms with van der Waals surface area (Å²) in [5, 5.41) is 12.7. The first kappa shape index (κ1) is 14.5. The molecule has 1 heterocycles. The highest BCUT2D eigenvalue weighted by Crippen LogP contribution is 2.20. The molecule has 0 bridgehead atoms. The Morgan fingerprint density at radius 1 is 1.59 bits per heavy atom. The van der Waals surface area contributed by atoms with Gasteiger partial charge in [0.25, 0.3) is 5.91 Å². The molecule has 1 aromatic heterocycles. The van der Waals surface area contributed by atoms with Crippen LogP contribution in [0.1, 0.15) is 27.0 Å². The second-order valence-corrected chi connectivity index (χ2v) is 6.77. The first-order valence-corrected chi connectivity index (χ1v) is 7.63. The molecule has 0 aliphatic rings. The van der Waals surface area contributed by atoms with E-state index in [9.17, 15) is 9.90 Å². The molecule has 96 valence electrons. The van der Waals surface area contributed by atoms with Crippen molar-refractivity contribution in [2.45, 2.75) is 26.4 Å². The molecule has 0 saturated carbocycles. The third kappa shape index (κ3) is 4.33. The number of carbonyl (C=O) groups is 1.